The minimum atomic E-state index is 0.0441. The molecule has 0 amide bonds. The molecule has 2 aliphatic rings. The first-order chi connectivity index (χ1) is 9.26. The third-order valence-corrected chi connectivity index (χ3v) is 5.82. The van der Waals surface area contributed by atoms with Gasteiger partial charge in [0.15, 0.2) is 0 Å². The van der Waals surface area contributed by atoms with Crippen LogP contribution in [0.1, 0.15) is 73.6 Å². The molecule has 0 aromatic rings. The number of ether oxygens (including phenoxy) is 1. The summed E-state index contributed by atoms with van der Waals surface area (Å²) in [6.45, 7) is 15.1. The minimum Gasteiger partial charge on any atom is -0.369 e. The molecule has 0 aromatic carbocycles. The summed E-state index contributed by atoms with van der Waals surface area (Å²) in [5, 5.41) is 3.82. The molecule has 4 atom stereocenters. The Morgan fingerprint density at radius 1 is 1.30 bits per heavy atom. The van der Waals surface area contributed by atoms with Crippen molar-refractivity contribution in [2.75, 3.05) is 6.54 Å². The Morgan fingerprint density at radius 3 is 2.60 bits per heavy atom. The maximum atomic E-state index is 6.52. The molecule has 1 saturated heterocycles. The van der Waals surface area contributed by atoms with E-state index in [2.05, 4.69) is 46.9 Å². The van der Waals surface area contributed by atoms with Crippen molar-refractivity contribution in [2.24, 2.45) is 17.3 Å². The van der Waals surface area contributed by atoms with Crippen molar-refractivity contribution in [3.05, 3.63) is 0 Å². The van der Waals surface area contributed by atoms with Crippen LogP contribution in [-0.2, 0) is 4.74 Å². The van der Waals surface area contributed by atoms with Crippen molar-refractivity contribution in [3.63, 3.8) is 0 Å². The fourth-order valence-electron chi connectivity index (χ4n) is 4.24. The van der Waals surface area contributed by atoms with Gasteiger partial charge in [-0.3, -0.25) is 0 Å². The topological polar surface area (TPSA) is 21.3 Å². The summed E-state index contributed by atoms with van der Waals surface area (Å²) in [6, 6.07) is 0.583. The Balaban J connectivity index is 1.96. The van der Waals surface area contributed by atoms with Gasteiger partial charge in [-0.2, -0.15) is 0 Å². The first kappa shape index (κ1) is 16.3. The summed E-state index contributed by atoms with van der Waals surface area (Å²) in [6.07, 6.45) is 6.74. The van der Waals surface area contributed by atoms with Gasteiger partial charge < -0.3 is 10.1 Å². The van der Waals surface area contributed by atoms with Crippen LogP contribution in [-0.4, -0.2) is 24.3 Å². The third kappa shape index (κ3) is 3.57. The van der Waals surface area contributed by atoms with Crippen LogP contribution in [0.5, 0.6) is 0 Å². The predicted octanol–water partition coefficient (Wildman–Crippen LogP) is 4.38. The van der Waals surface area contributed by atoms with E-state index in [0.29, 0.717) is 23.5 Å². The van der Waals surface area contributed by atoms with Crippen molar-refractivity contribution in [1.29, 1.82) is 0 Å². The molecule has 4 unspecified atom stereocenters. The lowest BCUT2D eigenvalue weighted by atomic mass is 9.67. The van der Waals surface area contributed by atoms with Gasteiger partial charge in [0, 0.05) is 12.6 Å². The van der Waals surface area contributed by atoms with Crippen LogP contribution in [0.3, 0.4) is 0 Å². The lowest BCUT2D eigenvalue weighted by Crippen LogP contribution is -2.60. The summed E-state index contributed by atoms with van der Waals surface area (Å²) in [4.78, 5) is 0. The number of rotatable bonds is 4. The molecule has 0 aromatic heterocycles. The molecule has 0 bridgehead atoms. The Bertz CT molecular complexity index is 325. The monoisotopic (exact) mass is 281 g/mol. The van der Waals surface area contributed by atoms with Crippen molar-refractivity contribution in [2.45, 2.75) is 91.4 Å². The highest BCUT2D eigenvalue weighted by atomic mass is 16.5. The van der Waals surface area contributed by atoms with Crippen LogP contribution < -0.4 is 5.32 Å². The summed E-state index contributed by atoms with van der Waals surface area (Å²) in [7, 11) is 0. The molecule has 1 heterocycles. The minimum absolute atomic E-state index is 0.0441. The summed E-state index contributed by atoms with van der Waals surface area (Å²) < 4.78 is 6.52. The fourth-order valence-corrected chi connectivity index (χ4v) is 4.24. The maximum absolute atomic E-state index is 6.52. The van der Waals surface area contributed by atoms with Gasteiger partial charge in [-0.05, 0) is 49.9 Å². The van der Waals surface area contributed by atoms with Crippen LogP contribution in [0.25, 0.3) is 0 Å². The number of nitrogens with one attached hydrogen (secondary N) is 1. The maximum Gasteiger partial charge on any atom is 0.0785 e. The van der Waals surface area contributed by atoms with Crippen molar-refractivity contribution < 1.29 is 4.74 Å². The van der Waals surface area contributed by atoms with Gasteiger partial charge >= 0.3 is 0 Å². The smallest absolute Gasteiger partial charge is 0.0785 e. The Kier molecular flexibility index (Phi) is 4.86. The molecule has 20 heavy (non-hydrogen) atoms. The number of hydrogen-bond acceptors (Lipinski definition) is 2. The lowest BCUT2D eigenvalue weighted by molar-refractivity contribution is -0.153. The number of morpholine rings is 1. The van der Waals surface area contributed by atoms with Crippen LogP contribution in [0.2, 0.25) is 0 Å². The van der Waals surface area contributed by atoms with E-state index < -0.39 is 0 Å². The fraction of sp³-hybridized carbons (Fsp3) is 1.00. The average molecular weight is 281 g/mol. The molecule has 0 radical (unpaired) electrons. The lowest BCUT2D eigenvalue weighted by Gasteiger charge is -2.50. The van der Waals surface area contributed by atoms with Gasteiger partial charge in [0.1, 0.15) is 0 Å². The predicted molar refractivity (Wildman–Crippen MR) is 85.9 cm³/mol. The van der Waals surface area contributed by atoms with E-state index in [9.17, 15) is 0 Å². The van der Waals surface area contributed by atoms with Crippen LogP contribution in [0.15, 0.2) is 0 Å². The summed E-state index contributed by atoms with van der Waals surface area (Å²) >= 11 is 0. The first-order valence-electron chi connectivity index (χ1n) is 8.67. The van der Waals surface area contributed by atoms with Gasteiger partial charge in [0.2, 0.25) is 0 Å². The Hall–Kier alpha value is -0.0800. The molecule has 2 nitrogen and oxygen atoms in total. The van der Waals surface area contributed by atoms with Gasteiger partial charge in [-0.25, -0.2) is 0 Å². The normalized spacial score (nSPS) is 38.9. The molecule has 2 fully saturated rings. The van der Waals surface area contributed by atoms with E-state index in [-0.39, 0.29) is 5.60 Å². The second-order valence-electron chi connectivity index (χ2n) is 8.54. The van der Waals surface area contributed by atoms with Crippen LogP contribution >= 0.6 is 0 Å². The molecular formula is C18H35NO. The molecule has 0 spiro atoms. The Labute approximate surface area is 126 Å². The van der Waals surface area contributed by atoms with Gasteiger partial charge in [-0.15, -0.1) is 0 Å². The van der Waals surface area contributed by atoms with Crippen molar-refractivity contribution in [1.82, 2.24) is 5.32 Å². The number of hydrogen-bond donors (Lipinski definition) is 1. The first-order valence-corrected chi connectivity index (χ1v) is 8.67. The summed E-state index contributed by atoms with van der Waals surface area (Å²) in [5.74, 6) is 1.55. The highest BCUT2D eigenvalue weighted by Crippen LogP contribution is 2.43. The van der Waals surface area contributed by atoms with E-state index in [1.807, 2.05) is 0 Å². The molecule has 1 saturated carbocycles. The second kappa shape index (κ2) is 5.96. The van der Waals surface area contributed by atoms with E-state index in [0.717, 1.165) is 18.9 Å². The van der Waals surface area contributed by atoms with E-state index in [4.69, 9.17) is 4.74 Å². The zero-order chi connectivity index (χ0) is 15.0. The van der Waals surface area contributed by atoms with E-state index in [1.54, 1.807) is 0 Å². The molecule has 2 heteroatoms. The highest BCUT2D eigenvalue weighted by Gasteiger charge is 2.44. The second-order valence-corrected chi connectivity index (χ2v) is 8.54. The molecule has 118 valence electrons. The van der Waals surface area contributed by atoms with Crippen molar-refractivity contribution in [3.8, 4) is 0 Å². The number of fused-ring (bicyclic) bond motifs is 1. The average Bonchev–Trinajstić information content (AvgIpc) is 2.36. The van der Waals surface area contributed by atoms with Crippen LogP contribution in [0.4, 0.5) is 0 Å². The van der Waals surface area contributed by atoms with E-state index in [1.165, 1.54) is 25.7 Å². The van der Waals surface area contributed by atoms with Gasteiger partial charge in [-0.1, -0.05) is 41.0 Å². The molecule has 1 aliphatic carbocycles. The van der Waals surface area contributed by atoms with E-state index >= 15 is 0 Å². The third-order valence-electron chi connectivity index (χ3n) is 5.82. The molecular weight excluding hydrogens is 246 g/mol. The standard InChI is InChI=1S/C18H35NO/c1-7-17(4,5)14-8-9-16-15(10-14)19-12-18(6,20-16)11-13(2)3/h13-16,19H,7-12H2,1-6H3. The largest absolute Gasteiger partial charge is 0.369 e. The zero-order valence-corrected chi connectivity index (χ0v) is 14.5. The molecule has 1 aliphatic heterocycles. The molecule has 2 rings (SSSR count). The van der Waals surface area contributed by atoms with Crippen LogP contribution in [0, 0.1) is 17.3 Å². The highest BCUT2D eigenvalue weighted by molar-refractivity contribution is 4.97. The van der Waals surface area contributed by atoms with Gasteiger partial charge in [0.25, 0.3) is 0 Å². The van der Waals surface area contributed by atoms with Gasteiger partial charge in [0.05, 0.1) is 11.7 Å². The molecule has 1 N–H and O–H groups in total. The van der Waals surface area contributed by atoms with Crippen molar-refractivity contribution >= 4 is 0 Å². The zero-order valence-electron chi connectivity index (χ0n) is 14.5. The summed E-state index contributed by atoms with van der Waals surface area (Å²) in [5.41, 5.74) is 0.522. The Morgan fingerprint density at radius 2 is 2.00 bits per heavy atom. The quantitative estimate of drug-likeness (QED) is 0.825. The SMILES string of the molecule is CCC(C)(C)C1CCC2OC(C)(CC(C)C)CNC2C1.